The van der Waals surface area contributed by atoms with Gasteiger partial charge in [0.25, 0.3) is 0 Å². The van der Waals surface area contributed by atoms with Crippen molar-refractivity contribution >= 4 is 17.6 Å². The lowest BCUT2D eigenvalue weighted by molar-refractivity contribution is 0.642. The first-order valence-electron chi connectivity index (χ1n) is 9.35. The third kappa shape index (κ3) is 4.02. The number of aliphatic imine (C=N–C) groups is 1. The molecule has 1 aromatic heterocycles. The van der Waals surface area contributed by atoms with Crippen LogP contribution in [0.4, 0.5) is 0 Å². The SMILES string of the molecule is CN=C(NCc1nncn1-c1ccccc1)NCC1(c2cccc(Cl)c2)CC1. The van der Waals surface area contributed by atoms with E-state index in [1.54, 1.807) is 13.4 Å². The third-order valence-corrected chi connectivity index (χ3v) is 5.41. The van der Waals surface area contributed by atoms with Crippen molar-refractivity contribution in [1.82, 2.24) is 25.4 Å². The molecule has 3 aromatic rings. The lowest BCUT2D eigenvalue weighted by Gasteiger charge is -2.19. The van der Waals surface area contributed by atoms with Gasteiger partial charge < -0.3 is 10.6 Å². The van der Waals surface area contributed by atoms with Crippen molar-refractivity contribution in [1.29, 1.82) is 0 Å². The Balaban J connectivity index is 1.37. The van der Waals surface area contributed by atoms with Crippen molar-refractivity contribution in [2.24, 2.45) is 4.99 Å². The summed E-state index contributed by atoms with van der Waals surface area (Å²) in [4.78, 5) is 4.34. The van der Waals surface area contributed by atoms with Crippen LogP contribution >= 0.6 is 11.6 Å². The number of nitrogens with zero attached hydrogens (tertiary/aromatic N) is 4. The van der Waals surface area contributed by atoms with E-state index in [9.17, 15) is 0 Å². The maximum Gasteiger partial charge on any atom is 0.191 e. The molecule has 0 unspecified atom stereocenters. The Morgan fingerprint density at radius 1 is 1.14 bits per heavy atom. The van der Waals surface area contributed by atoms with E-state index < -0.39 is 0 Å². The topological polar surface area (TPSA) is 67.1 Å². The number of aromatic nitrogens is 3. The van der Waals surface area contributed by atoms with Crippen molar-refractivity contribution in [3.63, 3.8) is 0 Å². The van der Waals surface area contributed by atoms with Gasteiger partial charge in [-0.1, -0.05) is 41.9 Å². The summed E-state index contributed by atoms with van der Waals surface area (Å²) in [5, 5.41) is 15.8. The zero-order chi connectivity index (χ0) is 19.4. The van der Waals surface area contributed by atoms with Crippen LogP contribution in [0.15, 0.2) is 65.9 Å². The van der Waals surface area contributed by atoms with E-state index in [0.717, 1.165) is 41.9 Å². The van der Waals surface area contributed by atoms with Crippen LogP contribution in [0.1, 0.15) is 24.2 Å². The Morgan fingerprint density at radius 3 is 2.68 bits per heavy atom. The third-order valence-electron chi connectivity index (χ3n) is 5.18. The predicted molar refractivity (Wildman–Crippen MR) is 112 cm³/mol. The summed E-state index contributed by atoms with van der Waals surface area (Å²) >= 11 is 6.17. The highest BCUT2D eigenvalue weighted by Gasteiger charge is 2.44. The van der Waals surface area contributed by atoms with Gasteiger partial charge in [0.05, 0.1) is 6.54 Å². The first-order valence-corrected chi connectivity index (χ1v) is 9.73. The molecule has 0 bridgehead atoms. The highest BCUT2D eigenvalue weighted by Crippen LogP contribution is 2.48. The van der Waals surface area contributed by atoms with E-state index in [0.29, 0.717) is 6.54 Å². The summed E-state index contributed by atoms with van der Waals surface area (Å²) in [6, 6.07) is 18.2. The Labute approximate surface area is 169 Å². The summed E-state index contributed by atoms with van der Waals surface area (Å²) in [5.74, 6) is 1.57. The van der Waals surface area contributed by atoms with Crippen LogP contribution in [0.2, 0.25) is 5.02 Å². The quantitative estimate of drug-likeness (QED) is 0.497. The molecule has 1 saturated carbocycles. The zero-order valence-corrected chi connectivity index (χ0v) is 16.5. The molecule has 0 saturated heterocycles. The van der Waals surface area contributed by atoms with E-state index in [4.69, 9.17) is 11.6 Å². The second-order valence-corrected chi connectivity index (χ2v) is 7.46. The zero-order valence-electron chi connectivity index (χ0n) is 15.8. The van der Waals surface area contributed by atoms with Gasteiger partial charge in [-0.3, -0.25) is 9.56 Å². The Kier molecular flexibility index (Phi) is 5.30. The molecule has 2 N–H and O–H groups in total. The fourth-order valence-corrected chi connectivity index (χ4v) is 3.55. The van der Waals surface area contributed by atoms with Gasteiger partial charge >= 0.3 is 0 Å². The van der Waals surface area contributed by atoms with Gasteiger partial charge in [-0.2, -0.15) is 0 Å². The highest BCUT2D eigenvalue weighted by molar-refractivity contribution is 6.30. The molecule has 4 rings (SSSR count). The number of nitrogens with one attached hydrogen (secondary N) is 2. The standard InChI is InChI=1S/C21H23ClN6/c1-23-20(25-14-21(10-11-21)16-6-5-7-17(22)12-16)24-13-19-27-26-15-28(19)18-8-3-2-4-9-18/h2-9,12,15H,10-11,13-14H2,1H3,(H2,23,24,25). The number of guanidine groups is 1. The van der Waals surface area contributed by atoms with Gasteiger partial charge in [0.2, 0.25) is 0 Å². The molecule has 6 nitrogen and oxygen atoms in total. The number of hydrogen-bond acceptors (Lipinski definition) is 3. The largest absolute Gasteiger partial charge is 0.356 e. The fraction of sp³-hybridized carbons (Fsp3) is 0.286. The van der Waals surface area contributed by atoms with E-state index in [1.165, 1.54) is 5.56 Å². The smallest absolute Gasteiger partial charge is 0.191 e. The second-order valence-electron chi connectivity index (χ2n) is 7.02. The van der Waals surface area contributed by atoms with E-state index in [2.05, 4.69) is 38.0 Å². The van der Waals surface area contributed by atoms with Crippen LogP contribution in [0.25, 0.3) is 5.69 Å². The number of halogens is 1. The Bertz CT molecular complexity index is 962. The molecule has 0 aliphatic heterocycles. The van der Waals surface area contributed by atoms with Crippen molar-refractivity contribution < 1.29 is 0 Å². The molecule has 28 heavy (non-hydrogen) atoms. The summed E-state index contributed by atoms with van der Waals surface area (Å²) in [6.45, 7) is 1.34. The second kappa shape index (κ2) is 8.02. The van der Waals surface area contributed by atoms with Crippen molar-refractivity contribution in [2.75, 3.05) is 13.6 Å². The average Bonchev–Trinajstić information content (AvgIpc) is 3.38. The molecular weight excluding hydrogens is 372 g/mol. The van der Waals surface area contributed by atoms with Crippen LogP contribution < -0.4 is 10.6 Å². The molecule has 2 aromatic carbocycles. The van der Waals surface area contributed by atoms with Gasteiger partial charge in [0, 0.05) is 29.7 Å². The summed E-state index contributed by atoms with van der Waals surface area (Å²) < 4.78 is 1.97. The molecule has 0 amide bonds. The van der Waals surface area contributed by atoms with E-state index in [-0.39, 0.29) is 5.41 Å². The average molecular weight is 395 g/mol. The highest BCUT2D eigenvalue weighted by atomic mass is 35.5. The Hall–Kier alpha value is -2.86. The predicted octanol–water partition coefficient (Wildman–Crippen LogP) is 3.32. The lowest BCUT2D eigenvalue weighted by Crippen LogP contribution is -2.41. The molecule has 7 heteroatoms. The normalized spacial score (nSPS) is 15.3. The number of rotatable bonds is 6. The molecule has 1 aliphatic carbocycles. The van der Waals surface area contributed by atoms with Crippen LogP contribution in [0.3, 0.4) is 0 Å². The minimum absolute atomic E-state index is 0.145. The van der Waals surface area contributed by atoms with Gasteiger partial charge in [-0.05, 0) is 42.7 Å². The number of hydrogen-bond donors (Lipinski definition) is 2. The molecular formula is C21H23ClN6. The molecule has 1 aliphatic rings. The van der Waals surface area contributed by atoms with Crippen molar-refractivity contribution in [3.8, 4) is 5.69 Å². The minimum atomic E-state index is 0.145. The van der Waals surface area contributed by atoms with Crippen molar-refractivity contribution in [2.45, 2.75) is 24.8 Å². The summed E-state index contributed by atoms with van der Waals surface area (Å²) in [6.07, 6.45) is 4.03. The molecule has 1 heterocycles. The molecule has 0 radical (unpaired) electrons. The van der Waals surface area contributed by atoms with E-state index >= 15 is 0 Å². The molecule has 1 fully saturated rings. The lowest BCUT2D eigenvalue weighted by atomic mass is 9.96. The molecule has 0 atom stereocenters. The molecule has 144 valence electrons. The first-order chi connectivity index (χ1) is 13.7. The summed E-state index contributed by atoms with van der Waals surface area (Å²) in [5.41, 5.74) is 2.46. The van der Waals surface area contributed by atoms with Gasteiger partial charge in [0.1, 0.15) is 6.33 Å². The number of para-hydroxylation sites is 1. The van der Waals surface area contributed by atoms with Crippen LogP contribution in [-0.4, -0.2) is 34.3 Å². The monoisotopic (exact) mass is 394 g/mol. The fourth-order valence-electron chi connectivity index (χ4n) is 3.36. The molecule has 0 spiro atoms. The maximum absolute atomic E-state index is 6.17. The van der Waals surface area contributed by atoms with Gasteiger partial charge in [0.15, 0.2) is 11.8 Å². The van der Waals surface area contributed by atoms with E-state index in [1.807, 2.05) is 47.0 Å². The first kappa shape index (κ1) is 18.5. The van der Waals surface area contributed by atoms with Crippen LogP contribution in [0, 0.1) is 0 Å². The number of benzene rings is 2. The van der Waals surface area contributed by atoms with Crippen LogP contribution in [-0.2, 0) is 12.0 Å². The minimum Gasteiger partial charge on any atom is -0.356 e. The van der Waals surface area contributed by atoms with Crippen LogP contribution in [0.5, 0.6) is 0 Å². The maximum atomic E-state index is 6.17. The Morgan fingerprint density at radius 2 is 1.96 bits per heavy atom. The summed E-state index contributed by atoms with van der Waals surface area (Å²) in [7, 11) is 1.77. The van der Waals surface area contributed by atoms with Gasteiger partial charge in [-0.25, -0.2) is 0 Å². The van der Waals surface area contributed by atoms with Gasteiger partial charge in [-0.15, -0.1) is 10.2 Å². The van der Waals surface area contributed by atoms with Crippen molar-refractivity contribution in [3.05, 3.63) is 77.3 Å².